The Morgan fingerprint density at radius 1 is 1.19 bits per heavy atom. The number of methoxy groups -OCH3 is 1. The second-order valence-electron chi connectivity index (χ2n) is 6.66. The first-order valence-corrected chi connectivity index (χ1v) is 10.7. The molecule has 0 radical (unpaired) electrons. The van der Waals surface area contributed by atoms with Crippen LogP contribution in [-0.4, -0.2) is 40.3 Å². The van der Waals surface area contributed by atoms with Crippen LogP contribution in [0.15, 0.2) is 48.5 Å². The standard InChI is InChI=1S/C20H24N2O4S/c1-15(20(23)21-13-7-9-16-8-4-5-12-19(16)21)22(27(3,24)25)17-10-6-11-18(14-17)26-2/h4-6,8,10-12,14-15H,7,9,13H2,1-3H3. The van der Waals surface area contributed by atoms with Gasteiger partial charge in [-0.3, -0.25) is 9.10 Å². The number of ether oxygens (including phenoxy) is 1. The summed E-state index contributed by atoms with van der Waals surface area (Å²) in [6.07, 6.45) is 2.88. The van der Waals surface area contributed by atoms with Gasteiger partial charge >= 0.3 is 0 Å². The van der Waals surface area contributed by atoms with Crippen LogP contribution in [0.25, 0.3) is 0 Å². The molecular weight excluding hydrogens is 364 g/mol. The molecule has 7 heteroatoms. The number of hydrogen-bond donors (Lipinski definition) is 0. The lowest BCUT2D eigenvalue weighted by Gasteiger charge is -2.35. The van der Waals surface area contributed by atoms with Crippen molar-refractivity contribution in [3.8, 4) is 5.75 Å². The maximum Gasteiger partial charge on any atom is 0.250 e. The van der Waals surface area contributed by atoms with Crippen LogP contribution in [0.4, 0.5) is 11.4 Å². The van der Waals surface area contributed by atoms with Crippen molar-refractivity contribution in [2.45, 2.75) is 25.8 Å². The molecule has 1 aliphatic heterocycles. The third kappa shape index (κ3) is 3.93. The van der Waals surface area contributed by atoms with Crippen molar-refractivity contribution in [1.82, 2.24) is 0 Å². The molecule has 0 saturated heterocycles. The molecular formula is C20H24N2O4S. The fourth-order valence-electron chi connectivity index (χ4n) is 3.54. The summed E-state index contributed by atoms with van der Waals surface area (Å²) in [6.45, 7) is 2.20. The molecule has 0 saturated carbocycles. The maximum absolute atomic E-state index is 13.3. The summed E-state index contributed by atoms with van der Waals surface area (Å²) in [5.74, 6) is 0.291. The molecule has 1 heterocycles. The number of para-hydroxylation sites is 1. The zero-order chi connectivity index (χ0) is 19.6. The number of rotatable bonds is 5. The van der Waals surface area contributed by atoms with Gasteiger partial charge < -0.3 is 9.64 Å². The van der Waals surface area contributed by atoms with Crippen LogP contribution in [0.5, 0.6) is 5.75 Å². The highest BCUT2D eigenvalue weighted by Crippen LogP contribution is 2.30. The summed E-state index contributed by atoms with van der Waals surface area (Å²) in [5.41, 5.74) is 2.37. The molecule has 0 fully saturated rings. The minimum atomic E-state index is -3.67. The van der Waals surface area contributed by atoms with Gasteiger partial charge in [0.05, 0.1) is 19.1 Å². The number of hydrogen-bond acceptors (Lipinski definition) is 4. The number of benzene rings is 2. The number of fused-ring (bicyclic) bond motifs is 1. The highest BCUT2D eigenvalue weighted by molar-refractivity contribution is 7.92. The zero-order valence-corrected chi connectivity index (χ0v) is 16.6. The minimum Gasteiger partial charge on any atom is -0.497 e. The number of amides is 1. The summed E-state index contributed by atoms with van der Waals surface area (Å²) in [5, 5.41) is 0. The molecule has 0 spiro atoms. The first-order chi connectivity index (χ1) is 12.8. The van der Waals surface area contributed by atoms with Crippen molar-refractivity contribution in [3.63, 3.8) is 0 Å². The lowest BCUT2D eigenvalue weighted by Crippen LogP contribution is -2.50. The van der Waals surface area contributed by atoms with Gasteiger partial charge in [-0.05, 0) is 43.5 Å². The van der Waals surface area contributed by atoms with E-state index in [2.05, 4.69) is 0 Å². The smallest absolute Gasteiger partial charge is 0.250 e. The third-order valence-corrected chi connectivity index (χ3v) is 5.99. The number of aryl methyl sites for hydroxylation is 1. The maximum atomic E-state index is 13.3. The normalized spacial score (nSPS) is 15.0. The van der Waals surface area contributed by atoms with E-state index in [1.807, 2.05) is 24.3 Å². The molecule has 0 N–H and O–H groups in total. The topological polar surface area (TPSA) is 66.9 Å². The molecule has 1 unspecified atom stereocenters. The molecule has 0 aliphatic carbocycles. The van der Waals surface area contributed by atoms with Crippen LogP contribution in [0.3, 0.4) is 0 Å². The fraction of sp³-hybridized carbons (Fsp3) is 0.350. The molecule has 0 bridgehead atoms. The Bertz CT molecular complexity index is 943. The van der Waals surface area contributed by atoms with Crippen LogP contribution < -0.4 is 13.9 Å². The number of nitrogens with zero attached hydrogens (tertiary/aromatic N) is 2. The van der Waals surface area contributed by atoms with Gasteiger partial charge in [0.2, 0.25) is 10.0 Å². The first-order valence-electron chi connectivity index (χ1n) is 8.85. The van der Waals surface area contributed by atoms with Crippen LogP contribution >= 0.6 is 0 Å². The van der Waals surface area contributed by atoms with Gasteiger partial charge in [0.1, 0.15) is 11.8 Å². The summed E-state index contributed by atoms with van der Waals surface area (Å²) >= 11 is 0. The average Bonchev–Trinajstić information content (AvgIpc) is 2.66. The number of carbonyl (C=O) groups excluding carboxylic acids is 1. The summed E-state index contributed by atoms with van der Waals surface area (Å²) < 4.78 is 31.4. The summed E-state index contributed by atoms with van der Waals surface area (Å²) in [4.78, 5) is 15.0. The van der Waals surface area contributed by atoms with Gasteiger partial charge in [0.25, 0.3) is 5.91 Å². The highest BCUT2D eigenvalue weighted by atomic mass is 32.2. The average molecular weight is 388 g/mol. The Labute approximate surface area is 160 Å². The number of carbonyl (C=O) groups is 1. The van der Waals surface area contributed by atoms with Crippen molar-refractivity contribution in [3.05, 3.63) is 54.1 Å². The molecule has 1 atom stereocenters. The molecule has 2 aromatic carbocycles. The largest absolute Gasteiger partial charge is 0.497 e. The van der Waals surface area contributed by atoms with Crippen molar-refractivity contribution in [2.75, 3.05) is 29.1 Å². The number of anilines is 2. The van der Waals surface area contributed by atoms with E-state index in [0.717, 1.165) is 34.7 Å². The zero-order valence-electron chi connectivity index (χ0n) is 15.8. The molecule has 27 heavy (non-hydrogen) atoms. The lowest BCUT2D eigenvalue weighted by molar-refractivity contribution is -0.119. The van der Waals surface area contributed by atoms with E-state index < -0.39 is 16.1 Å². The summed E-state index contributed by atoms with van der Waals surface area (Å²) in [6, 6.07) is 13.6. The molecule has 1 aliphatic rings. The van der Waals surface area contributed by atoms with Crippen molar-refractivity contribution >= 4 is 27.3 Å². The molecule has 2 aromatic rings. The summed E-state index contributed by atoms with van der Waals surface area (Å²) in [7, 11) is -2.16. The van der Waals surface area contributed by atoms with Crippen LogP contribution in [-0.2, 0) is 21.2 Å². The van der Waals surface area contributed by atoms with Gasteiger partial charge in [0.15, 0.2) is 0 Å². The Morgan fingerprint density at radius 3 is 2.63 bits per heavy atom. The Morgan fingerprint density at radius 2 is 1.93 bits per heavy atom. The Hall–Kier alpha value is -2.54. The van der Waals surface area contributed by atoms with Gasteiger partial charge in [0, 0.05) is 18.3 Å². The van der Waals surface area contributed by atoms with E-state index in [9.17, 15) is 13.2 Å². The van der Waals surface area contributed by atoms with E-state index in [4.69, 9.17) is 4.74 Å². The second-order valence-corrected chi connectivity index (χ2v) is 8.52. The third-order valence-electron chi connectivity index (χ3n) is 4.75. The predicted molar refractivity (Wildman–Crippen MR) is 107 cm³/mol. The lowest BCUT2D eigenvalue weighted by atomic mass is 10.0. The van der Waals surface area contributed by atoms with Crippen molar-refractivity contribution < 1.29 is 17.9 Å². The first kappa shape index (κ1) is 19.2. The molecule has 1 amide bonds. The fourth-order valence-corrected chi connectivity index (χ4v) is 4.70. The molecule has 0 aromatic heterocycles. The molecule has 6 nitrogen and oxygen atoms in total. The van der Waals surface area contributed by atoms with Gasteiger partial charge in [-0.1, -0.05) is 24.3 Å². The van der Waals surface area contributed by atoms with Crippen LogP contribution in [0.2, 0.25) is 0 Å². The van der Waals surface area contributed by atoms with Crippen molar-refractivity contribution in [2.24, 2.45) is 0 Å². The van der Waals surface area contributed by atoms with E-state index in [1.54, 1.807) is 36.1 Å². The SMILES string of the molecule is COc1cccc(N(C(C)C(=O)N2CCCc3ccccc32)S(C)(=O)=O)c1. The van der Waals surface area contributed by atoms with Crippen molar-refractivity contribution in [1.29, 1.82) is 0 Å². The second kappa shape index (κ2) is 7.60. The van der Waals surface area contributed by atoms with E-state index in [1.165, 1.54) is 7.11 Å². The molecule has 144 valence electrons. The van der Waals surface area contributed by atoms with Gasteiger partial charge in [-0.25, -0.2) is 8.42 Å². The van der Waals surface area contributed by atoms with Crippen LogP contribution in [0, 0.1) is 0 Å². The van der Waals surface area contributed by atoms with Gasteiger partial charge in [-0.15, -0.1) is 0 Å². The van der Waals surface area contributed by atoms with Gasteiger partial charge in [-0.2, -0.15) is 0 Å². The van der Waals surface area contributed by atoms with E-state index >= 15 is 0 Å². The highest BCUT2D eigenvalue weighted by Gasteiger charge is 2.34. The monoisotopic (exact) mass is 388 g/mol. The number of sulfonamides is 1. The van der Waals surface area contributed by atoms with Crippen LogP contribution in [0.1, 0.15) is 18.9 Å². The Balaban J connectivity index is 1.98. The Kier molecular flexibility index (Phi) is 5.41. The molecule has 3 rings (SSSR count). The van der Waals surface area contributed by atoms with E-state index in [0.29, 0.717) is 18.0 Å². The predicted octanol–water partition coefficient (Wildman–Crippen LogP) is 2.83. The minimum absolute atomic E-state index is 0.240. The van der Waals surface area contributed by atoms with E-state index in [-0.39, 0.29) is 5.91 Å². The quantitative estimate of drug-likeness (QED) is 0.790.